The summed E-state index contributed by atoms with van der Waals surface area (Å²) in [5, 5.41) is 3.39. The number of rotatable bonds is 9. The number of pyridine rings is 3. The molecule has 0 aliphatic rings. The van der Waals surface area contributed by atoms with E-state index in [1.54, 1.807) is 42.2 Å². The molecule has 0 fully saturated rings. The van der Waals surface area contributed by atoms with Crippen molar-refractivity contribution in [2.24, 2.45) is 11.7 Å². The van der Waals surface area contributed by atoms with Gasteiger partial charge in [0.2, 0.25) is 11.9 Å². The molecule has 0 bridgehead atoms. The third-order valence-electron chi connectivity index (χ3n) is 6.44. The summed E-state index contributed by atoms with van der Waals surface area (Å²) in [7, 11) is 0. The molecule has 0 aliphatic heterocycles. The zero-order valence-corrected chi connectivity index (χ0v) is 21.4. The molecule has 0 saturated heterocycles. The van der Waals surface area contributed by atoms with Gasteiger partial charge in [-0.1, -0.05) is 26.8 Å². The molecular weight excluding hydrogens is 487 g/mol. The summed E-state index contributed by atoms with van der Waals surface area (Å²) in [4.78, 5) is 36.9. The van der Waals surface area contributed by atoms with Crippen LogP contribution in [0.1, 0.15) is 33.4 Å². The monoisotopic (exact) mass is 516 g/mol. The van der Waals surface area contributed by atoms with Gasteiger partial charge in [-0.05, 0) is 42.7 Å². The molecule has 3 atom stereocenters. The molecule has 0 radical (unpaired) electrons. The fourth-order valence-electron chi connectivity index (χ4n) is 4.02. The number of aromatic nitrogens is 4. The number of nitrogens with zero attached hydrogens (tertiary/aromatic N) is 4. The highest BCUT2D eigenvalue weighted by Crippen LogP contribution is 2.35. The Kier molecular flexibility index (Phi) is 7.92. The third kappa shape index (κ3) is 5.60. The molecule has 0 saturated carbocycles. The Hall–Kier alpha value is -4.44. The van der Waals surface area contributed by atoms with Gasteiger partial charge in [0, 0.05) is 52.9 Å². The van der Waals surface area contributed by atoms with Crippen LogP contribution in [0.3, 0.4) is 0 Å². The number of hydrogen-bond acceptors (Lipinski definition) is 7. The van der Waals surface area contributed by atoms with Gasteiger partial charge in [-0.3, -0.25) is 19.1 Å². The second-order valence-corrected chi connectivity index (χ2v) is 9.02. The lowest BCUT2D eigenvalue weighted by atomic mass is 10.0. The highest BCUT2D eigenvalue weighted by Gasteiger charge is 2.25. The van der Waals surface area contributed by atoms with E-state index in [9.17, 15) is 14.0 Å². The summed E-state index contributed by atoms with van der Waals surface area (Å²) in [5.74, 6) is -1.52. The molecule has 3 unspecified atom stereocenters. The molecule has 38 heavy (non-hydrogen) atoms. The van der Waals surface area contributed by atoms with Crippen LogP contribution in [0.2, 0.25) is 0 Å². The minimum absolute atomic E-state index is 0.0345. The van der Waals surface area contributed by atoms with E-state index in [0.717, 1.165) is 12.0 Å². The lowest BCUT2D eigenvalue weighted by Crippen LogP contribution is -2.38. The van der Waals surface area contributed by atoms with Crippen molar-refractivity contribution in [3.63, 3.8) is 0 Å². The number of amides is 1. The maximum Gasteiger partial charge on any atom is 0.325 e. The number of carbonyl (C=O) groups is 2. The van der Waals surface area contributed by atoms with Gasteiger partial charge in [0.1, 0.15) is 11.7 Å². The van der Waals surface area contributed by atoms with E-state index in [2.05, 4.69) is 26.8 Å². The van der Waals surface area contributed by atoms with Crippen LogP contribution in [-0.4, -0.2) is 37.4 Å². The Bertz CT molecular complexity index is 1500. The largest absolute Gasteiger partial charge is 0.440 e. The lowest BCUT2D eigenvalue weighted by Gasteiger charge is -2.21. The van der Waals surface area contributed by atoms with Crippen molar-refractivity contribution >= 4 is 28.6 Å². The molecule has 196 valence electrons. The fourth-order valence-corrected chi connectivity index (χ4v) is 4.02. The molecular formula is C28H29FN6O3. The Balaban J connectivity index is 1.78. The molecule has 4 aromatic heterocycles. The van der Waals surface area contributed by atoms with Gasteiger partial charge in [-0.15, -0.1) is 0 Å². The summed E-state index contributed by atoms with van der Waals surface area (Å²) in [6, 6.07) is 5.92. The predicted molar refractivity (Wildman–Crippen MR) is 143 cm³/mol. The van der Waals surface area contributed by atoms with Crippen LogP contribution < -0.4 is 11.1 Å². The molecule has 3 N–H and O–H groups in total. The minimum atomic E-state index is -0.751. The average Bonchev–Trinajstić information content (AvgIpc) is 3.31. The number of nitrogens with one attached hydrogen (secondary N) is 1. The minimum Gasteiger partial charge on any atom is -0.440 e. The lowest BCUT2D eigenvalue weighted by molar-refractivity contribution is -0.155. The highest BCUT2D eigenvalue weighted by atomic mass is 19.1. The molecule has 1 amide bonds. The first-order chi connectivity index (χ1) is 18.2. The number of carbonyl (C=O) groups excluding carboxylic acids is 2. The van der Waals surface area contributed by atoms with Crippen molar-refractivity contribution in [1.82, 2.24) is 19.5 Å². The van der Waals surface area contributed by atoms with Crippen LogP contribution in [0.15, 0.2) is 67.9 Å². The van der Waals surface area contributed by atoms with Crippen LogP contribution >= 0.6 is 0 Å². The molecule has 4 heterocycles. The molecule has 4 aromatic rings. The number of esters is 1. The number of halogens is 1. The van der Waals surface area contributed by atoms with Crippen molar-refractivity contribution in [2.45, 2.75) is 39.5 Å². The van der Waals surface area contributed by atoms with Gasteiger partial charge in [0.15, 0.2) is 6.23 Å². The van der Waals surface area contributed by atoms with E-state index in [4.69, 9.17) is 10.5 Å². The van der Waals surface area contributed by atoms with Gasteiger partial charge in [-0.25, -0.2) is 9.97 Å². The Morgan fingerprint density at radius 2 is 1.92 bits per heavy atom. The Labute approximate surface area is 219 Å². The van der Waals surface area contributed by atoms with E-state index in [1.165, 1.54) is 24.5 Å². The summed E-state index contributed by atoms with van der Waals surface area (Å²) >= 11 is 0. The van der Waals surface area contributed by atoms with Gasteiger partial charge in [0.25, 0.3) is 0 Å². The first-order valence-corrected chi connectivity index (χ1v) is 12.2. The second-order valence-electron chi connectivity index (χ2n) is 9.02. The van der Waals surface area contributed by atoms with Crippen LogP contribution in [0, 0.1) is 11.9 Å². The van der Waals surface area contributed by atoms with Crippen molar-refractivity contribution < 1.29 is 18.7 Å². The van der Waals surface area contributed by atoms with Gasteiger partial charge < -0.3 is 15.8 Å². The van der Waals surface area contributed by atoms with Crippen molar-refractivity contribution in [1.29, 1.82) is 0 Å². The molecule has 4 rings (SSSR count). The fraction of sp³-hybridized carbons (Fsp3) is 0.250. The molecule has 0 spiro atoms. The zero-order chi connectivity index (χ0) is 27.4. The SMILES string of the molecule is C=CC(=O)Nc1cncc(-c2cnc3c(c2)c(-c2ccnc(F)c2)cn3C(C)OC(=O)C(N)C(C)CC)c1. The average molecular weight is 517 g/mol. The predicted octanol–water partition coefficient (Wildman–Crippen LogP) is 4.86. The number of anilines is 1. The first kappa shape index (κ1) is 26.6. The van der Waals surface area contributed by atoms with Gasteiger partial charge >= 0.3 is 5.97 Å². The van der Waals surface area contributed by atoms with Gasteiger partial charge in [-0.2, -0.15) is 4.39 Å². The van der Waals surface area contributed by atoms with Crippen LogP contribution in [0.25, 0.3) is 33.3 Å². The van der Waals surface area contributed by atoms with E-state index >= 15 is 0 Å². The Morgan fingerprint density at radius 3 is 2.63 bits per heavy atom. The molecule has 10 heteroatoms. The summed E-state index contributed by atoms with van der Waals surface area (Å²) < 4.78 is 21.5. The highest BCUT2D eigenvalue weighted by molar-refractivity contribution is 5.99. The number of ether oxygens (including phenoxy) is 1. The molecule has 9 nitrogen and oxygen atoms in total. The Morgan fingerprint density at radius 1 is 1.16 bits per heavy atom. The summed E-state index contributed by atoms with van der Waals surface area (Å²) in [5.41, 5.74) is 9.79. The standard InChI is InChI=1S/C28H29FN6O3/c1-5-16(3)26(30)28(37)38-17(4)35-15-23(18-7-8-32-24(29)11-18)22-10-20(13-33-27(22)35)19-9-21(14-31-12-19)34-25(36)6-2/h6-17,26H,2,5,30H2,1,3-4H3,(H,34,36). The van der Waals surface area contributed by atoms with Crippen LogP contribution in [0.5, 0.6) is 0 Å². The maximum atomic E-state index is 14.0. The smallest absolute Gasteiger partial charge is 0.325 e. The first-order valence-electron chi connectivity index (χ1n) is 12.2. The number of nitrogens with two attached hydrogens (primary N) is 1. The molecule has 0 aliphatic carbocycles. The summed E-state index contributed by atoms with van der Waals surface area (Å²) in [6.07, 6.45) is 9.18. The second kappa shape index (κ2) is 11.3. The van der Waals surface area contributed by atoms with E-state index < -0.39 is 24.2 Å². The van der Waals surface area contributed by atoms with E-state index in [-0.39, 0.29) is 11.8 Å². The normalized spacial score (nSPS) is 13.5. The van der Waals surface area contributed by atoms with E-state index in [0.29, 0.717) is 33.4 Å². The number of fused-ring (bicyclic) bond motifs is 1. The quantitative estimate of drug-likeness (QED) is 0.185. The topological polar surface area (TPSA) is 125 Å². The van der Waals surface area contributed by atoms with Gasteiger partial charge in [0.05, 0.1) is 11.9 Å². The van der Waals surface area contributed by atoms with Crippen LogP contribution in [-0.2, 0) is 14.3 Å². The number of hydrogen-bond donors (Lipinski definition) is 2. The maximum absolute atomic E-state index is 14.0. The summed E-state index contributed by atoms with van der Waals surface area (Å²) in [6.45, 7) is 9.04. The third-order valence-corrected chi connectivity index (χ3v) is 6.44. The van der Waals surface area contributed by atoms with Crippen molar-refractivity contribution in [3.8, 4) is 22.3 Å². The molecule has 0 aromatic carbocycles. The zero-order valence-electron chi connectivity index (χ0n) is 21.4. The van der Waals surface area contributed by atoms with Crippen LogP contribution in [0.4, 0.5) is 10.1 Å². The van der Waals surface area contributed by atoms with E-state index in [1.807, 2.05) is 19.9 Å². The van der Waals surface area contributed by atoms with Crippen molar-refractivity contribution in [3.05, 3.63) is 73.9 Å². The van der Waals surface area contributed by atoms with Crippen molar-refractivity contribution in [2.75, 3.05) is 5.32 Å².